The lowest BCUT2D eigenvalue weighted by molar-refractivity contribution is 0.0253. The van der Waals surface area contributed by atoms with Gasteiger partial charge in [0.15, 0.2) is 0 Å². The van der Waals surface area contributed by atoms with Crippen molar-refractivity contribution in [2.24, 2.45) is 5.92 Å². The summed E-state index contributed by atoms with van der Waals surface area (Å²) in [6.07, 6.45) is 3.04. The number of rotatable bonds is 4. The Morgan fingerprint density at radius 2 is 2.00 bits per heavy atom. The topological polar surface area (TPSA) is 105 Å². The average molecular weight is 415 g/mol. The van der Waals surface area contributed by atoms with E-state index in [1.807, 2.05) is 45.0 Å². The summed E-state index contributed by atoms with van der Waals surface area (Å²) in [5.74, 6) is 0.212. The standard InChI is InChI=1S/C20H29N7O3/c1-20(2,3)30-19(29)25(4)12-15-6-5-11-26(13-15)18(28)22-16-7-9-17(10-8-16)27-14-21-23-24-27/h7-10,14-15H,5-6,11-13H2,1-4H3,(H,22,28). The van der Waals surface area contributed by atoms with Crippen molar-refractivity contribution < 1.29 is 14.3 Å². The maximum atomic E-state index is 12.7. The highest BCUT2D eigenvalue weighted by Crippen LogP contribution is 2.20. The highest BCUT2D eigenvalue weighted by Gasteiger charge is 2.27. The SMILES string of the molecule is CN(CC1CCCN(C(=O)Nc2ccc(-n3cnnn3)cc2)C1)C(=O)OC(C)(C)C. The van der Waals surface area contributed by atoms with E-state index in [9.17, 15) is 9.59 Å². The lowest BCUT2D eigenvalue weighted by Gasteiger charge is -2.35. The quantitative estimate of drug-likeness (QED) is 0.823. The molecule has 10 nitrogen and oxygen atoms in total. The first-order valence-corrected chi connectivity index (χ1v) is 10.0. The minimum atomic E-state index is -0.524. The Labute approximate surface area is 176 Å². The second-order valence-corrected chi connectivity index (χ2v) is 8.55. The number of ether oxygens (including phenoxy) is 1. The molecule has 3 rings (SSSR count). The summed E-state index contributed by atoms with van der Waals surface area (Å²) in [4.78, 5) is 28.3. The fourth-order valence-electron chi connectivity index (χ4n) is 3.38. The lowest BCUT2D eigenvalue weighted by Crippen LogP contribution is -2.46. The van der Waals surface area contributed by atoms with E-state index in [4.69, 9.17) is 4.74 Å². The van der Waals surface area contributed by atoms with Gasteiger partial charge in [-0.3, -0.25) is 0 Å². The van der Waals surface area contributed by atoms with E-state index < -0.39 is 5.60 Å². The van der Waals surface area contributed by atoms with E-state index in [0.717, 1.165) is 18.5 Å². The van der Waals surface area contributed by atoms with Gasteiger partial charge in [-0.25, -0.2) is 14.3 Å². The molecule has 162 valence electrons. The van der Waals surface area contributed by atoms with Gasteiger partial charge in [-0.1, -0.05) is 0 Å². The number of amides is 3. The maximum Gasteiger partial charge on any atom is 0.410 e. The van der Waals surface area contributed by atoms with Gasteiger partial charge >= 0.3 is 12.1 Å². The summed E-state index contributed by atoms with van der Waals surface area (Å²) in [7, 11) is 1.74. The van der Waals surface area contributed by atoms with Crippen LogP contribution in [0.15, 0.2) is 30.6 Å². The van der Waals surface area contributed by atoms with E-state index in [0.29, 0.717) is 25.3 Å². The van der Waals surface area contributed by atoms with Crippen LogP contribution in [0.4, 0.5) is 15.3 Å². The first-order valence-electron chi connectivity index (χ1n) is 10.0. The van der Waals surface area contributed by atoms with Crippen LogP contribution >= 0.6 is 0 Å². The molecule has 30 heavy (non-hydrogen) atoms. The average Bonchev–Trinajstić information content (AvgIpc) is 3.22. The van der Waals surface area contributed by atoms with Crippen molar-refractivity contribution in [2.75, 3.05) is 32.0 Å². The van der Waals surface area contributed by atoms with Gasteiger partial charge in [-0.05, 0) is 74.2 Å². The summed E-state index contributed by atoms with van der Waals surface area (Å²) >= 11 is 0. The first-order chi connectivity index (χ1) is 14.2. The molecule has 1 aliphatic heterocycles. The number of hydrogen-bond donors (Lipinski definition) is 1. The molecule has 1 unspecified atom stereocenters. The van der Waals surface area contributed by atoms with E-state index in [1.165, 1.54) is 6.33 Å². The van der Waals surface area contributed by atoms with Gasteiger partial charge < -0.3 is 19.9 Å². The Kier molecular flexibility index (Phi) is 6.53. The monoisotopic (exact) mass is 415 g/mol. The number of urea groups is 1. The molecule has 0 saturated carbocycles. The molecule has 1 aliphatic rings. The van der Waals surface area contributed by atoms with E-state index in [2.05, 4.69) is 20.8 Å². The van der Waals surface area contributed by atoms with Gasteiger partial charge in [0.05, 0.1) is 5.69 Å². The zero-order valence-corrected chi connectivity index (χ0v) is 17.9. The number of piperidine rings is 1. The van der Waals surface area contributed by atoms with Crippen LogP contribution in [-0.4, -0.2) is 74.4 Å². The van der Waals surface area contributed by atoms with Crippen LogP contribution in [0.1, 0.15) is 33.6 Å². The molecule has 0 aliphatic carbocycles. The third-order valence-electron chi connectivity index (χ3n) is 4.78. The Balaban J connectivity index is 1.52. The molecule has 0 radical (unpaired) electrons. The van der Waals surface area contributed by atoms with Gasteiger partial charge in [0, 0.05) is 32.4 Å². The third-order valence-corrected chi connectivity index (χ3v) is 4.78. The summed E-state index contributed by atoms with van der Waals surface area (Å²) < 4.78 is 6.95. The molecule has 1 N–H and O–H groups in total. The zero-order chi connectivity index (χ0) is 21.7. The van der Waals surface area contributed by atoms with Crippen LogP contribution in [0.3, 0.4) is 0 Å². The molecule has 0 bridgehead atoms. The van der Waals surface area contributed by atoms with Crippen molar-refractivity contribution in [2.45, 2.75) is 39.2 Å². The minimum absolute atomic E-state index is 0.144. The number of hydrogen-bond acceptors (Lipinski definition) is 6. The van der Waals surface area contributed by atoms with Crippen molar-refractivity contribution in [3.8, 4) is 5.69 Å². The Morgan fingerprint density at radius 1 is 1.27 bits per heavy atom. The smallest absolute Gasteiger partial charge is 0.410 e. The molecule has 10 heteroatoms. The van der Waals surface area contributed by atoms with Crippen LogP contribution in [0.5, 0.6) is 0 Å². The highest BCUT2D eigenvalue weighted by atomic mass is 16.6. The fourth-order valence-corrected chi connectivity index (χ4v) is 3.38. The summed E-state index contributed by atoms with van der Waals surface area (Å²) in [6, 6.07) is 7.15. The molecule has 1 atom stereocenters. The number of carbonyl (C=O) groups excluding carboxylic acids is 2. The Morgan fingerprint density at radius 3 is 2.63 bits per heavy atom. The van der Waals surface area contributed by atoms with Crippen molar-refractivity contribution >= 4 is 17.8 Å². The van der Waals surface area contributed by atoms with Crippen molar-refractivity contribution in [1.82, 2.24) is 30.0 Å². The Bertz CT molecular complexity index is 846. The lowest BCUT2D eigenvalue weighted by atomic mass is 9.98. The second-order valence-electron chi connectivity index (χ2n) is 8.55. The van der Waals surface area contributed by atoms with Crippen molar-refractivity contribution in [3.63, 3.8) is 0 Å². The van der Waals surface area contributed by atoms with Crippen LogP contribution in [0.2, 0.25) is 0 Å². The van der Waals surface area contributed by atoms with Gasteiger partial charge in [0.25, 0.3) is 0 Å². The summed E-state index contributed by atoms with van der Waals surface area (Å²) in [6.45, 7) is 7.39. The number of carbonyl (C=O) groups is 2. The maximum absolute atomic E-state index is 12.7. The van der Waals surface area contributed by atoms with Crippen molar-refractivity contribution in [1.29, 1.82) is 0 Å². The van der Waals surface area contributed by atoms with Crippen LogP contribution in [0, 0.1) is 5.92 Å². The van der Waals surface area contributed by atoms with Crippen LogP contribution in [0.25, 0.3) is 5.69 Å². The van der Waals surface area contributed by atoms with Crippen LogP contribution in [-0.2, 0) is 4.74 Å². The number of likely N-dealkylation sites (tertiary alicyclic amines) is 1. The molecule has 1 saturated heterocycles. The molecule has 0 spiro atoms. The molecule has 1 aromatic heterocycles. The first kappa shape index (κ1) is 21.5. The van der Waals surface area contributed by atoms with Gasteiger partial charge in [-0.2, -0.15) is 0 Å². The number of aromatic nitrogens is 4. The van der Waals surface area contributed by atoms with Crippen LogP contribution < -0.4 is 5.32 Å². The highest BCUT2D eigenvalue weighted by molar-refractivity contribution is 5.89. The summed E-state index contributed by atoms with van der Waals surface area (Å²) in [5.41, 5.74) is 0.982. The minimum Gasteiger partial charge on any atom is -0.444 e. The number of tetrazole rings is 1. The third kappa shape index (κ3) is 5.91. The van der Waals surface area contributed by atoms with Gasteiger partial charge in [0.1, 0.15) is 11.9 Å². The number of benzene rings is 1. The summed E-state index contributed by atoms with van der Waals surface area (Å²) in [5, 5.41) is 14.0. The molecule has 1 aromatic carbocycles. The number of anilines is 1. The molecule has 1 fully saturated rings. The normalized spacial score (nSPS) is 16.8. The largest absolute Gasteiger partial charge is 0.444 e. The molecule has 3 amide bonds. The van der Waals surface area contributed by atoms with Gasteiger partial charge in [0.2, 0.25) is 0 Å². The molecular weight excluding hydrogens is 386 g/mol. The molecule has 2 aromatic rings. The predicted molar refractivity (Wildman–Crippen MR) is 111 cm³/mol. The molecule has 2 heterocycles. The predicted octanol–water partition coefficient (Wildman–Crippen LogP) is 2.77. The Hall–Kier alpha value is -3.17. The van der Waals surface area contributed by atoms with E-state index in [-0.39, 0.29) is 18.0 Å². The van der Waals surface area contributed by atoms with E-state index >= 15 is 0 Å². The van der Waals surface area contributed by atoms with Gasteiger partial charge in [-0.15, -0.1) is 5.10 Å². The molecular formula is C20H29N7O3. The second kappa shape index (κ2) is 9.10. The number of nitrogens with zero attached hydrogens (tertiary/aromatic N) is 6. The van der Waals surface area contributed by atoms with E-state index in [1.54, 1.807) is 21.5 Å². The zero-order valence-electron chi connectivity index (χ0n) is 17.9. The fraction of sp³-hybridized carbons (Fsp3) is 0.550. The number of nitrogens with one attached hydrogen (secondary N) is 1. The van der Waals surface area contributed by atoms with Crippen molar-refractivity contribution in [3.05, 3.63) is 30.6 Å².